The van der Waals surface area contributed by atoms with Crippen LogP contribution in [0.4, 0.5) is 21.9 Å². The van der Waals surface area contributed by atoms with Crippen LogP contribution in [-0.2, 0) is 20.1 Å². The van der Waals surface area contributed by atoms with Crippen molar-refractivity contribution in [3.8, 4) is 0 Å². The van der Waals surface area contributed by atoms with E-state index >= 15 is 0 Å². The number of hydrogen-bond acceptors (Lipinski definition) is 5. The van der Waals surface area contributed by atoms with Crippen molar-refractivity contribution in [3.05, 3.63) is 53.6 Å². The van der Waals surface area contributed by atoms with E-state index in [9.17, 15) is 14.4 Å². The summed E-state index contributed by atoms with van der Waals surface area (Å²) in [6, 6.07) is 11.8. The molecule has 4 N–H and O–H groups in total. The summed E-state index contributed by atoms with van der Waals surface area (Å²) >= 11 is 0. The van der Waals surface area contributed by atoms with Crippen molar-refractivity contribution < 1.29 is 23.9 Å². The van der Waals surface area contributed by atoms with E-state index in [2.05, 4.69) is 21.3 Å². The number of ether oxygens (including phenoxy) is 2. The first-order valence-corrected chi connectivity index (χ1v) is 9.77. The van der Waals surface area contributed by atoms with Crippen molar-refractivity contribution in [1.29, 1.82) is 0 Å². The van der Waals surface area contributed by atoms with E-state index < -0.39 is 11.7 Å². The van der Waals surface area contributed by atoms with E-state index in [1.54, 1.807) is 36.4 Å². The van der Waals surface area contributed by atoms with E-state index in [4.69, 9.17) is 9.47 Å². The summed E-state index contributed by atoms with van der Waals surface area (Å²) in [7, 11) is 0. The van der Waals surface area contributed by atoms with Crippen molar-refractivity contribution in [1.82, 2.24) is 5.32 Å². The molecule has 0 bridgehead atoms. The summed E-state index contributed by atoms with van der Waals surface area (Å²) in [5.74, 6) is -2.39. The third-order valence-corrected chi connectivity index (χ3v) is 5.18. The zero-order valence-corrected chi connectivity index (χ0v) is 16.0. The highest BCUT2D eigenvalue weighted by atomic mass is 16.7. The fraction of sp³-hybridized carbons (Fsp3) is 0.286. The molecule has 1 aliphatic carbocycles. The molecule has 4 amide bonds. The highest BCUT2D eigenvalue weighted by Crippen LogP contribution is 2.47. The maximum absolute atomic E-state index is 12.7. The summed E-state index contributed by atoms with van der Waals surface area (Å²) < 4.78 is 11.3. The van der Waals surface area contributed by atoms with Crippen LogP contribution < -0.4 is 21.3 Å². The van der Waals surface area contributed by atoms with E-state index in [0.717, 1.165) is 12.8 Å². The van der Waals surface area contributed by atoms with Crippen LogP contribution >= 0.6 is 0 Å². The molecular weight excluding hydrogens is 388 g/mol. The molecule has 9 heteroatoms. The fourth-order valence-corrected chi connectivity index (χ4v) is 3.59. The number of fused-ring (bicyclic) bond motifs is 2. The van der Waals surface area contributed by atoms with E-state index in [1.165, 1.54) is 0 Å². The number of urea groups is 1. The Hall–Kier alpha value is -3.43. The lowest BCUT2D eigenvalue weighted by molar-refractivity contribution is -0.178. The van der Waals surface area contributed by atoms with Gasteiger partial charge in [0.2, 0.25) is 0 Å². The summed E-state index contributed by atoms with van der Waals surface area (Å²) in [4.78, 5) is 37.6. The Kier molecular flexibility index (Phi) is 4.41. The molecule has 9 nitrogen and oxygen atoms in total. The highest BCUT2D eigenvalue weighted by Gasteiger charge is 2.53. The molecule has 2 fully saturated rings. The predicted octanol–water partition coefficient (Wildman–Crippen LogP) is 2.37. The van der Waals surface area contributed by atoms with Gasteiger partial charge in [-0.05, 0) is 37.1 Å². The Balaban J connectivity index is 1.51. The third-order valence-electron chi connectivity index (χ3n) is 5.18. The van der Waals surface area contributed by atoms with Gasteiger partial charge in [0, 0.05) is 22.9 Å². The van der Waals surface area contributed by atoms with E-state index in [1.807, 2.05) is 6.07 Å². The van der Waals surface area contributed by atoms with Crippen LogP contribution in [0, 0.1) is 0 Å². The molecule has 5 rings (SSSR count). The van der Waals surface area contributed by atoms with Crippen molar-refractivity contribution in [2.75, 3.05) is 29.2 Å². The summed E-state index contributed by atoms with van der Waals surface area (Å²) in [5, 5.41) is 11.2. The molecule has 3 aliphatic rings. The maximum Gasteiger partial charge on any atom is 0.319 e. The number of anilines is 3. The maximum atomic E-state index is 12.7. The lowest BCUT2D eigenvalue weighted by Gasteiger charge is -2.20. The summed E-state index contributed by atoms with van der Waals surface area (Å²) in [6.45, 7) is 0.525. The van der Waals surface area contributed by atoms with E-state index in [-0.39, 0.29) is 31.2 Å². The van der Waals surface area contributed by atoms with Gasteiger partial charge in [-0.2, -0.15) is 0 Å². The van der Waals surface area contributed by atoms with Crippen molar-refractivity contribution in [2.24, 2.45) is 0 Å². The number of nitrogens with one attached hydrogen (secondary N) is 4. The molecule has 0 radical (unpaired) electrons. The summed E-state index contributed by atoms with van der Waals surface area (Å²) in [6.07, 6.45) is 1.92. The molecule has 154 valence electrons. The van der Waals surface area contributed by atoms with Gasteiger partial charge in [-0.15, -0.1) is 0 Å². The molecule has 2 aromatic carbocycles. The molecule has 1 spiro atoms. The van der Waals surface area contributed by atoms with Crippen molar-refractivity contribution in [3.63, 3.8) is 0 Å². The van der Waals surface area contributed by atoms with E-state index in [0.29, 0.717) is 28.2 Å². The Labute approximate surface area is 172 Å². The first kappa shape index (κ1) is 18.6. The predicted molar refractivity (Wildman–Crippen MR) is 108 cm³/mol. The first-order valence-electron chi connectivity index (χ1n) is 9.77. The minimum absolute atomic E-state index is 0.188. The van der Waals surface area contributed by atoms with Crippen LogP contribution in [0.5, 0.6) is 0 Å². The molecule has 2 aliphatic heterocycles. The summed E-state index contributed by atoms with van der Waals surface area (Å²) in [5.41, 5.74) is 2.01. The quantitative estimate of drug-likeness (QED) is 0.620. The molecule has 1 saturated heterocycles. The lowest BCUT2D eigenvalue weighted by atomic mass is 10.0. The van der Waals surface area contributed by atoms with Gasteiger partial charge in [-0.25, -0.2) is 4.79 Å². The van der Waals surface area contributed by atoms with Crippen LogP contribution in [0.25, 0.3) is 0 Å². The van der Waals surface area contributed by atoms with Crippen LogP contribution in [0.3, 0.4) is 0 Å². The number of rotatable bonds is 4. The van der Waals surface area contributed by atoms with Gasteiger partial charge in [0.1, 0.15) is 0 Å². The smallest absolute Gasteiger partial charge is 0.319 e. The van der Waals surface area contributed by atoms with Crippen LogP contribution in [-0.4, -0.2) is 37.1 Å². The van der Waals surface area contributed by atoms with Crippen LogP contribution in [0.2, 0.25) is 0 Å². The monoisotopic (exact) mass is 408 g/mol. The topological polar surface area (TPSA) is 118 Å². The second-order valence-electron chi connectivity index (χ2n) is 7.41. The number of carbonyl (C=O) groups excluding carboxylic acids is 3. The van der Waals surface area contributed by atoms with Gasteiger partial charge in [0.15, 0.2) is 0 Å². The Morgan fingerprint density at radius 2 is 1.77 bits per heavy atom. The molecular formula is C21H20N4O5. The third kappa shape index (κ3) is 3.27. The lowest BCUT2D eigenvalue weighted by Crippen LogP contribution is -2.35. The molecule has 2 aromatic rings. The fourth-order valence-electron chi connectivity index (χ4n) is 3.59. The Bertz CT molecular complexity index is 1030. The van der Waals surface area contributed by atoms with Crippen LogP contribution in [0.1, 0.15) is 28.8 Å². The average molecular weight is 408 g/mol. The highest BCUT2D eigenvalue weighted by molar-refractivity contribution is 6.13. The minimum atomic E-state index is -1.58. The number of amides is 4. The van der Waals surface area contributed by atoms with Crippen LogP contribution in [0.15, 0.2) is 42.5 Å². The molecule has 0 unspecified atom stereocenters. The minimum Gasteiger partial charge on any atom is -0.336 e. The molecule has 2 heterocycles. The molecule has 1 saturated carbocycles. The van der Waals surface area contributed by atoms with Gasteiger partial charge in [-0.1, -0.05) is 18.2 Å². The van der Waals surface area contributed by atoms with Gasteiger partial charge >= 0.3 is 6.03 Å². The average Bonchev–Trinajstić information content (AvgIpc) is 3.32. The zero-order valence-electron chi connectivity index (χ0n) is 16.0. The van der Waals surface area contributed by atoms with Gasteiger partial charge in [0.05, 0.1) is 24.6 Å². The molecule has 30 heavy (non-hydrogen) atoms. The largest absolute Gasteiger partial charge is 0.336 e. The molecule has 0 atom stereocenters. The standard InChI is InChI=1S/C21H20N4O5/c26-18(12-4-2-1-3-5-12)24-16-11-14(23-20(28)22-13-6-7-13)10-15-17(16)25-19(27)21(15)29-8-9-30-21/h1-5,10-11,13H,6-9H2,(H,24,26)(H,25,27)(H2,22,23,28). The second-order valence-corrected chi connectivity index (χ2v) is 7.41. The normalized spacial score (nSPS) is 18.6. The first-order chi connectivity index (χ1) is 14.5. The number of hydrogen-bond donors (Lipinski definition) is 4. The SMILES string of the molecule is O=C(Nc1cc(NC(=O)c2ccccc2)c2c(c1)C1(OCCO1)C(=O)N2)NC1CC1. The Morgan fingerprint density at radius 1 is 1.03 bits per heavy atom. The van der Waals surface area contributed by atoms with Gasteiger partial charge in [-0.3, -0.25) is 9.59 Å². The van der Waals surface area contributed by atoms with Gasteiger partial charge in [0.25, 0.3) is 17.6 Å². The Morgan fingerprint density at radius 3 is 2.47 bits per heavy atom. The zero-order chi connectivity index (χ0) is 20.7. The van der Waals surface area contributed by atoms with Crippen molar-refractivity contribution in [2.45, 2.75) is 24.7 Å². The number of benzene rings is 2. The number of carbonyl (C=O) groups is 3. The second kappa shape index (κ2) is 7.12. The van der Waals surface area contributed by atoms with Crippen molar-refractivity contribution >= 4 is 34.9 Å². The molecule has 0 aromatic heterocycles. The van der Waals surface area contributed by atoms with Gasteiger partial charge < -0.3 is 30.7 Å².